The highest BCUT2D eigenvalue weighted by molar-refractivity contribution is 5.94. The molecule has 1 spiro atoms. The number of benzene rings is 1. The second-order valence-electron chi connectivity index (χ2n) is 8.59. The van der Waals surface area contributed by atoms with Gasteiger partial charge in [0.1, 0.15) is 11.4 Å². The summed E-state index contributed by atoms with van der Waals surface area (Å²) in [5.74, 6) is 0.0371. The molecule has 6 heteroatoms. The molecule has 2 fully saturated rings. The molecule has 5 nitrogen and oxygen atoms in total. The molecule has 1 aromatic heterocycles. The summed E-state index contributed by atoms with van der Waals surface area (Å²) < 4.78 is 19.7. The molecule has 2 aromatic rings. The molecule has 0 aliphatic carbocycles. The molecule has 0 bridgehead atoms. The smallest absolute Gasteiger partial charge is 0.260 e. The summed E-state index contributed by atoms with van der Waals surface area (Å²) in [7, 11) is 0. The van der Waals surface area contributed by atoms with Crippen LogP contribution in [0.2, 0.25) is 0 Å². The molecule has 29 heavy (non-hydrogen) atoms. The Bertz CT molecular complexity index is 940. The van der Waals surface area contributed by atoms with E-state index < -0.39 is 5.54 Å². The van der Waals surface area contributed by atoms with Gasteiger partial charge in [0, 0.05) is 12.7 Å². The maximum absolute atomic E-state index is 13.4. The molecule has 0 saturated carbocycles. The van der Waals surface area contributed by atoms with Gasteiger partial charge >= 0.3 is 0 Å². The van der Waals surface area contributed by atoms with E-state index in [-0.39, 0.29) is 34.9 Å². The Morgan fingerprint density at radius 2 is 2.03 bits per heavy atom. The highest BCUT2D eigenvalue weighted by atomic mass is 19.1. The van der Waals surface area contributed by atoms with Gasteiger partial charge in [-0.25, -0.2) is 4.39 Å². The van der Waals surface area contributed by atoms with Crippen LogP contribution in [0.5, 0.6) is 0 Å². The molecule has 3 heterocycles. The van der Waals surface area contributed by atoms with Gasteiger partial charge in [0.05, 0.1) is 18.2 Å². The summed E-state index contributed by atoms with van der Waals surface area (Å²) in [5.41, 5.74) is 0.386. The van der Waals surface area contributed by atoms with Gasteiger partial charge in [0.2, 0.25) is 0 Å². The summed E-state index contributed by atoms with van der Waals surface area (Å²) in [6, 6.07) is 9.76. The van der Waals surface area contributed by atoms with E-state index in [9.17, 15) is 14.0 Å². The molecule has 2 aliphatic rings. The first kappa shape index (κ1) is 19.8. The van der Waals surface area contributed by atoms with Crippen molar-refractivity contribution in [2.45, 2.75) is 44.8 Å². The number of carbonyl (C=O) groups excluding carboxylic acids is 1. The number of rotatable bonds is 3. The number of H-pyrrole nitrogens is 1. The molecule has 2 saturated heterocycles. The molecule has 2 aliphatic heterocycles. The Kier molecular flexibility index (Phi) is 5.30. The predicted molar refractivity (Wildman–Crippen MR) is 108 cm³/mol. The number of ether oxygens (including phenoxy) is 1. The maximum Gasteiger partial charge on any atom is 0.260 e. The number of likely N-dealkylation sites (tertiary alicyclic amines) is 1. The average Bonchev–Trinajstić information content (AvgIpc) is 3.11. The lowest BCUT2D eigenvalue weighted by atomic mass is 9.73. The second kappa shape index (κ2) is 7.75. The van der Waals surface area contributed by atoms with Crippen molar-refractivity contribution in [1.29, 1.82) is 0 Å². The number of pyridine rings is 1. The van der Waals surface area contributed by atoms with Crippen LogP contribution in [0, 0.1) is 17.7 Å². The van der Waals surface area contributed by atoms with Gasteiger partial charge in [-0.05, 0) is 60.9 Å². The highest BCUT2D eigenvalue weighted by Gasteiger charge is 2.51. The van der Waals surface area contributed by atoms with Gasteiger partial charge in [-0.1, -0.05) is 26.0 Å². The number of aromatic nitrogens is 1. The number of carbonyl (C=O) groups is 1. The molecular formula is C23H27FN2O3. The minimum Gasteiger partial charge on any atom is -0.371 e. The first-order valence-corrected chi connectivity index (χ1v) is 10.3. The maximum atomic E-state index is 13.4. The Hall–Kier alpha value is -2.47. The van der Waals surface area contributed by atoms with E-state index in [1.807, 2.05) is 4.90 Å². The third kappa shape index (κ3) is 3.62. The van der Waals surface area contributed by atoms with E-state index in [4.69, 9.17) is 4.74 Å². The fraction of sp³-hybridized carbons (Fsp3) is 0.478. The van der Waals surface area contributed by atoms with Gasteiger partial charge in [-0.3, -0.25) is 9.59 Å². The van der Waals surface area contributed by atoms with Crippen LogP contribution in [0.25, 0.3) is 0 Å². The summed E-state index contributed by atoms with van der Waals surface area (Å²) in [6.45, 7) is 5.37. The number of hydrogen-bond donors (Lipinski definition) is 1. The van der Waals surface area contributed by atoms with E-state index >= 15 is 0 Å². The van der Waals surface area contributed by atoms with Crippen molar-refractivity contribution in [2.75, 3.05) is 13.2 Å². The van der Waals surface area contributed by atoms with E-state index in [2.05, 4.69) is 18.8 Å². The zero-order valence-electron chi connectivity index (χ0n) is 16.9. The lowest BCUT2D eigenvalue weighted by Gasteiger charge is -2.48. The highest BCUT2D eigenvalue weighted by Crippen LogP contribution is 2.47. The van der Waals surface area contributed by atoms with Gasteiger partial charge in [0.25, 0.3) is 11.5 Å². The number of halogens is 1. The lowest BCUT2D eigenvalue weighted by molar-refractivity contribution is -0.112. The molecule has 1 amide bonds. The van der Waals surface area contributed by atoms with E-state index in [1.165, 1.54) is 18.3 Å². The minimum absolute atomic E-state index is 0.126. The predicted octanol–water partition coefficient (Wildman–Crippen LogP) is 3.92. The second-order valence-corrected chi connectivity index (χ2v) is 8.59. The number of aromatic amines is 1. The van der Waals surface area contributed by atoms with E-state index in [0.29, 0.717) is 19.1 Å². The molecule has 0 radical (unpaired) electrons. The van der Waals surface area contributed by atoms with Crippen molar-refractivity contribution in [3.05, 3.63) is 69.9 Å². The van der Waals surface area contributed by atoms with Crippen LogP contribution < -0.4 is 5.56 Å². The SMILES string of the molecule is CC(C)[C@@H]1C[C@@]2(CCCN2C(=O)c2ccc[nH]c2=O)CO[C@H]1c1ccc(F)cc1. The van der Waals surface area contributed by atoms with Crippen molar-refractivity contribution in [1.82, 2.24) is 9.88 Å². The zero-order chi connectivity index (χ0) is 20.6. The van der Waals surface area contributed by atoms with Crippen molar-refractivity contribution in [3.8, 4) is 0 Å². The fourth-order valence-corrected chi connectivity index (χ4v) is 4.91. The molecule has 4 rings (SSSR count). The molecule has 1 aromatic carbocycles. The molecule has 154 valence electrons. The van der Waals surface area contributed by atoms with Crippen molar-refractivity contribution < 1.29 is 13.9 Å². The Morgan fingerprint density at radius 1 is 1.28 bits per heavy atom. The van der Waals surface area contributed by atoms with Crippen LogP contribution in [0.15, 0.2) is 47.4 Å². The first-order chi connectivity index (χ1) is 13.9. The van der Waals surface area contributed by atoms with Crippen LogP contribution in [0.3, 0.4) is 0 Å². The van der Waals surface area contributed by atoms with Gasteiger partial charge in [0.15, 0.2) is 0 Å². The van der Waals surface area contributed by atoms with Crippen LogP contribution in [-0.4, -0.2) is 34.5 Å². The Balaban J connectivity index is 1.63. The normalized spacial score (nSPS) is 27.0. The minimum atomic E-state index is -0.398. The van der Waals surface area contributed by atoms with Gasteiger partial charge in [-0.15, -0.1) is 0 Å². The van der Waals surface area contributed by atoms with Crippen molar-refractivity contribution >= 4 is 5.91 Å². The van der Waals surface area contributed by atoms with E-state index in [1.54, 1.807) is 24.3 Å². The average molecular weight is 398 g/mol. The summed E-state index contributed by atoms with van der Waals surface area (Å²) in [4.78, 5) is 29.8. The molecular weight excluding hydrogens is 371 g/mol. The van der Waals surface area contributed by atoms with Crippen LogP contribution >= 0.6 is 0 Å². The number of amides is 1. The van der Waals surface area contributed by atoms with Gasteiger partial charge < -0.3 is 14.6 Å². The van der Waals surface area contributed by atoms with Gasteiger partial charge in [-0.2, -0.15) is 0 Å². The Morgan fingerprint density at radius 3 is 2.72 bits per heavy atom. The van der Waals surface area contributed by atoms with Crippen LogP contribution in [0.4, 0.5) is 4.39 Å². The summed E-state index contributed by atoms with van der Waals surface area (Å²) >= 11 is 0. The Labute approximate surface area is 169 Å². The number of nitrogens with zero attached hydrogens (tertiary/aromatic N) is 1. The first-order valence-electron chi connectivity index (χ1n) is 10.3. The molecule has 0 unspecified atom stereocenters. The van der Waals surface area contributed by atoms with Crippen molar-refractivity contribution in [2.24, 2.45) is 11.8 Å². The van der Waals surface area contributed by atoms with E-state index in [0.717, 1.165) is 24.8 Å². The molecule has 1 N–H and O–H groups in total. The standard InChI is InChI=1S/C23H27FN2O3/c1-15(2)19-13-23(14-29-20(19)16-6-8-17(24)9-7-16)10-4-12-26(23)22(28)18-5-3-11-25-21(18)27/h3,5-9,11,15,19-20H,4,10,12-14H2,1-2H3,(H,25,27)/t19-,20-,23-/m0/s1. The monoisotopic (exact) mass is 398 g/mol. The fourth-order valence-electron chi connectivity index (χ4n) is 4.91. The van der Waals surface area contributed by atoms with Crippen LogP contribution in [-0.2, 0) is 4.74 Å². The summed E-state index contributed by atoms with van der Waals surface area (Å²) in [6.07, 6.45) is 3.97. The zero-order valence-corrected chi connectivity index (χ0v) is 16.9. The number of hydrogen-bond acceptors (Lipinski definition) is 3. The quantitative estimate of drug-likeness (QED) is 0.852. The lowest BCUT2D eigenvalue weighted by Crippen LogP contribution is -2.56. The topological polar surface area (TPSA) is 62.4 Å². The third-order valence-electron chi connectivity index (χ3n) is 6.48. The number of nitrogens with one attached hydrogen (secondary N) is 1. The summed E-state index contributed by atoms with van der Waals surface area (Å²) in [5, 5.41) is 0. The largest absolute Gasteiger partial charge is 0.371 e. The van der Waals surface area contributed by atoms with Crippen LogP contribution in [0.1, 0.15) is 55.1 Å². The molecule has 3 atom stereocenters. The van der Waals surface area contributed by atoms with Crippen molar-refractivity contribution in [3.63, 3.8) is 0 Å². The third-order valence-corrected chi connectivity index (χ3v) is 6.48.